The first-order valence-corrected chi connectivity index (χ1v) is 11.5. The SMILES string of the molecule is CC1Nc2c3c(nn2C(C)C1C)CN(C(=O)c1ccccc1N1CCC(N(C)C)C1)C3. The normalized spacial score (nSPS) is 27.4. The lowest BCUT2D eigenvalue weighted by Gasteiger charge is -2.35. The molecule has 3 aliphatic rings. The minimum absolute atomic E-state index is 0.103. The number of para-hydroxylation sites is 1. The van der Waals surface area contributed by atoms with E-state index in [0.29, 0.717) is 37.1 Å². The number of nitrogens with one attached hydrogen (secondary N) is 1. The van der Waals surface area contributed by atoms with Crippen LogP contribution in [0.25, 0.3) is 0 Å². The molecule has 7 heteroatoms. The Morgan fingerprint density at radius 1 is 1.16 bits per heavy atom. The summed E-state index contributed by atoms with van der Waals surface area (Å²) in [7, 11) is 4.27. The number of carbonyl (C=O) groups excluding carboxylic acids is 1. The van der Waals surface area contributed by atoms with Crippen LogP contribution in [0.15, 0.2) is 24.3 Å². The van der Waals surface area contributed by atoms with Gasteiger partial charge >= 0.3 is 0 Å². The summed E-state index contributed by atoms with van der Waals surface area (Å²) in [4.78, 5) is 20.2. The van der Waals surface area contributed by atoms with Crippen LogP contribution in [0.2, 0.25) is 0 Å². The highest BCUT2D eigenvalue weighted by Crippen LogP contribution is 2.39. The van der Waals surface area contributed by atoms with Crippen molar-refractivity contribution in [2.24, 2.45) is 5.92 Å². The Labute approximate surface area is 185 Å². The zero-order valence-electron chi connectivity index (χ0n) is 19.3. The molecule has 3 aliphatic heterocycles. The number of aromatic nitrogens is 2. The minimum atomic E-state index is 0.103. The van der Waals surface area contributed by atoms with Crippen molar-refractivity contribution < 1.29 is 4.79 Å². The van der Waals surface area contributed by atoms with Gasteiger partial charge in [0.15, 0.2) is 0 Å². The molecular weight excluding hydrogens is 388 g/mol. The summed E-state index contributed by atoms with van der Waals surface area (Å²) < 4.78 is 2.14. The van der Waals surface area contributed by atoms with Crippen molar-refractivity contribution in [3.63, 3.8) is 0 Å². The molecule has 4 atom stereocenters. The molecule has 4 heterocycles. The van der Waals surface area contributed by atoms with Gasteiger partial charge in [-0.1, -0.05) is 19.1 Å². The summed E-state index contributed by atoms with van der Waals surface area (Å²) >= 11 is 0. The molecule has 5 rings (SSSR count). The number of carbonyl (C=O) groups is 1. The lowest BCUT2D eigenvalue weighted by atomic mass is 9.94. The molecular formula is C24H34N6O. The first-order chi connectivity index (χ1) is 14.8. The summed E-state index contributed by atoms with van der Waals surface area (Å²) in [5.74, 6) is 1.72. The molecule has 0 radical (unpaired) electrons. The first-order valence-electron chi connectivity index (χ1n) is 11.5. The monoisotopic (exact) mass is 422 g/mol. The van der Waals surface area contributed by atoms with Crippen molar-refractivity contribution in [3.8, 4) is 0 Å². The lowest BCUT2D eigenvalue weighted by Crippen LogP contribution is -2.37. The molecule has 1 amide bonds. The van der Waals surface area contributed by atoms with Gasteiger partial charge in [0.2, 0.25) is 0 Å². The highest BCUT2D eigenvalue weighted by molar-refractivity contribution is 6.00. The van der Waals surface area contributed by atoms with E-state index in [9.17, 15) is 4.79 Å². The highest BCUT2D eigenvalue weighted by Gasteiger charge is 2.37. The topological polar surface area (TPSA) is 56.6 Å². The minimum Gasteiger partial charge on any atom is -0.369 e. The third-order valence-corrected chi connectivity index (χ3v) is 7.74. The average molecular weight is 423 g/mol. The number of amides is 1. The summed E-state index contributed by atoms with van der Waals surface area (Å²) in [5.41, 5.74) is 4.08. The maximum atomic E-state index is 13.6. The molecule has 0 saturated carbocycles. The number of fused-ring (bicyclic) bond motifs is 3. The fourth-order valence-corrected chi connectivity index (χ4v) is 5.30. The second-order valence-electron chi connectivity index (χ2n) is 9.78. The zero-order chi connectivity index (χ0) is 21.9. The Morgan fingerprint density at radius 2 is 1.94 bits per heavy atom. The predicted octanol–water partition coefficient (Wildman–Crippen LogP) is 3.19. The molecule has 0 spiro atoms. The van der Waals surface area contributed by atoms with Gasteiger partial charge in [-0.25, -0.2) is 4.68 Å². The molecule has 0 bridgehead atoms. The van der Waals surface area contributed by atoms with Gasteiger partial charge in [0, 0.05) is 36.4 Å². The van der Waals surface area contributed by atoms with Crippen LogP contribution in [0.4, 0.5) is 11.5 Å². The van der Waals surface area contributed by atoms with Crippen molar-refractivity contribution in [1.82, 2.24) is 19.6 Å². The molecule has 0 aliphatic carbocycles. The molecule has 1 fully saturated rings. The Hall–Kier alpha value is -2.54. The number of benzene rings is 1. The second kappa shape index (κ2) is 7.55. The van der Waals surface area contributed by atoms with E-state index in [1.165, 1.54) is 5.56 Å². The standard InChI is InChI=1S/C24H34N6O/c1-15-16(2)25-23-20-13-29(14-21(20)26-30(23)17(15)3)24(31)19-8-6-7-9-22(19)28-11-10-18(12-28)27(4)5/h6-9,15-18,25H,10-14H2,1-5H3. The maximum absolute atomic E-state index is 13.6. The quantitative estimate of drug-likeness (QED) is 0.823. The van der Waals surface area contributed by atoms with Crippen LogP contribution in [0.1, 0.15) is 54.8 Å². The zero-order valence-corrected chi connectivity index (χ0v) is 19.3. The number of nitrogens with zero attached hydrogens (tertiary/aromatic N) is 5. The molecule has 166 valence electrons. The Morgan fingerprint density at radius 3 is 2.68 bits per heavy atom. The van der Waals surface area contributed by atoms with Gasteiger partial charge < -0.3 is 20.0 Å². The van der Waals surface area contributed by atoms with Crippen molar-refractivity contribution in [2.75, 3.05) is 37.4 Å². The predicted molar refractivity (Wildman–Crippen MR) is 124 cm³/mol. The molecule has 1 aromatic heterocycles. The second-order valence-corrected chi connectivity index (χ2v) is 9.78. The van der Waals surface area contributed by atoms with Gasteiger partial charge in [-0.15, -0.1) is 0 Å². The van der Waals surface area contributed by atoms with Crippen LogP contribution in [0.3, 0.4) is 0 Å². The molecule has 1 saturated heterocycles. The van der Waals surface area contributed by atoms with Gasteiger partial charge in [-0.3, -0.25) is 4.79 Å². The molecule has 31 heavy (non-hydrogen) atoms. The van der Waals surface area contributed by atoms with E-state index in [2.05, 4.69) is 60.7 Å². The van der Waals surface area contributed by atoms with Gasteiger partial charge in [0.25, 0.3) is 5.91 Å². The largest absolute Gasteiger partial charge is 0.369 e. The Bertz CT molecular complexity index is 998. The lowest BCUT2D eigenvalue weighted by molar-refractivity contribution is 0.0749. The number of rotatable bonds is 3. The fourth-order valence-electron chi connectivity index (χ4n) is 5.30. The van der Waals surface area contributed by atoms with E-state index in [4.69, 9.17) is 5.10 Å². The smallest absolute Gasteiger partial charge is 0.256 e. The van der Waals surface area contributed by atoms with Crippen molar-refractivity contribution in [2.45, 2.75) is 58.4 Å². The van der Waals surface area contributed by atoms with Gasteiger partial charge in [-0.2, -0.15) is 5.10 Å². The summed E-state index contributed by atoms with van der Waals surface area (Å²) in [6.07, 6.45) is 1.13. The van der Waals surface area contributed by atoms with Crippen LogP contribution < -0.4 is 10.2 Å². The molecule has 7 nitrogen and oxygen atoms in total. The van der Waals surface area contributed by atoms with E-state index in [0.717, 1.165) is 42.3 Å². The molecule has 1 aromatic carbocycles. The van der Waals surface area contributed by atoms with E-state index < -0.39 is 0 Å². The van der Waals surface area contributed by atoms with Crippen molar-refractivity contribution >= 4 is 17.4 Å². The third kappa shape index (κ3) is 3.30. The van der Waals surface area contributed by atoms with E-state index in [1.54, 1.807) is 0 Å². The third-order valence-electron chi connectivity index (χ3n) is 7.74. The van der Waals surface area contributed by atoms with E-state index >= 15 is 0 Å². The summed E-state index contributed by atoms with van der Waals surface area (Å²) in [6.45, 7) is 9.90. The fraction of sp³-hybridized carbons (Fsp3) is 0.583. The van der Waals surface area contributed by atoms with Crippen LogP contribution >= 0.6 is 0 Å². The van der Waals surface area contributed by atoms with Crippen LogP contribution in [0.5, 0.6) is 0 Å². The molecule has 2 aromatic rings. The Balaban J connectivity index is 1.38. The van der Waals surface area contributed by atoms with Crippen molar-refractivity contribution in [3.05, 3.63) is 41.1 Å². The maximum Gasteiger partial charge on any atom is 0.256 e. The highest BCUT2D eigenvalue weighted by atomic mass is 16.2. The van der Waals surface area contributed by atoms with Crippen LogP contribution in [-0.4, -0.2) is 64.8 Å². The van der Waals surface area contributed by atoms with Crippen molar-refractivity contribution in [1.29, 1.82) is 0 Å². The first kappa shape index (κ1) is 20.4. The average Bonchev–Trinajstić information content (AvgIpc) is 3.47. The van der Waals surface area contributed by atoms with Crippen LogP contribution in [0, 0.1) is 5.92 Å². The number of hydrogen-bond acceptors (Lipinski definition) is 5. The number of anilines is 2. The summed E-state index contributed by atoms with van der Waals surface area (Å²) in [5, 5.41) is 8.54. The molecule has 4 unspecified atom stereocenters. The number of likely N-dealkylation sites (N-methyl/N-ethyl adjacent to an activating group) is 1. The van der Waals surface area contributed by atoms with Gasteiger partial charge in [0.05, 0.1) is 30.4 Å². The Kier molecular flexibility index (Phi) is 4.96. The summed E-state index contributed by atoms with van der Waals surface area (Å²) in [6, 6.07) is 9.38. The number of hydrogen-bond donors (Lipinski definition) is 1. The van der Waals surface area contributed by atoms with Gasteiger partial charge in [-0.05, 0) is 52.4 Å². The van der Waals surface area contributed by atoms with Crippen LogP contribution in [-0.2, 0) is 13.1 Å². The molecule has 1 N–H and O–H groups in total. The van der Waals surface area contributed by atoms with E-state index in [1.807, 2.05) is 23.1 Å². The van der Waals surface area contributed by atoms with Gasteiger partial charge in [0.1, 0.15) is 5.82 Å². The van der Waals surface area contributed by atoms with E-state index in [-0.39, 0.29) is 5.91 Å².